The molecule has 0 aliphatic heterocycles. The van der Waals surface area contributed by atoms with Crippen LogP contribution in [0.15, 0.2) is 29.9 Å². The zero-order valence-electron chi connectivity index (χ0n) is 6.49. The van der Waals surface area contributed by atoms with Crippen molar-refractivity contribution in [1.82, 2.24) is 4.57 Å². The van der Waals surface area contributed by atoms with E-state index in [1.54, 1.807) is 12.3 Å². The smallest absolute Gasteiger partial charge is 0.155 e. The van der Waals surface area contributed by atoms with Gasteiger partial charge < -0.3 is 10.3 Å². The summed E-state index contributed by atoms with van der Waals surface area (Å²) in [6.07, 6.45) is 5.10. The van der Waals surface area contributed by atoms with Crippen LogP contribution in [0.2, 0.25) is 0 Å². The Morgan fingerprint density at radius 3 is 2.91 bits per heavy atom. The van der Waals surface area contributed by atoms with Crippen molar-refractivity contribution < 1.29 is 0 Å². The normalized spacial score (nSPS) is 10.6. The summed E-state index contributed by atoms with van der Waals surface area (Å²) in [5, 5.41) is 0. The highest BCUT2D eigenvalue weighted by Gasteiger charge is 1.98. The molecule has 2 N–H and O–H groups in total. The summed E-state index contributed by atoms with van der Waals surface area (Å²) in [5.74, 6) is 0.768. The van der Waals surface area contributed by atoms with Gasteiger partial charge in [-0.15, -0.1) is 0 Å². The number of aliphatic imine (C=N–C) groups is 1. The van der Waals surface area contributed by atoms with Gasteiger partial charge in [0.2, 0.25) is 0 Å². The first-order valence-electron chi connectivity index (χ1n) is 3.31. The number of aryl methyl sites for hydroxylation is 1. The molecule has 3 heteroatoms. The minimum atomic E-state index is 0.686. The van der Waals surface area contributed by atoms with E-state index in [0.29, 0.717) is 5.69 Å². The van der Waals surface area contributed by atoms with Gasteiger partial charge in [-0.05, 0) is 6.07 Å². The molecule has 1 heterocycles. The van der Waals surface area contributed by atoms with Gasteiger partial charge in [0.1, 0.15) is 0 Å². The first kappa shape index (κ1) is 7.60. The highest BCUT2D eigenvalue weighted by Crippen LogP contribution is 2.20. The van der Waals surface area contributed by atoms with Gasteiger partial charge in [-0.1, -0.05) is 12.7 Å². The van der Waals surface area contributed by atoms with Crippen LogP contribution in [0.3, 0.4) is 0 Å². The number of nitrogen functional groups attached to an aromatic ring is 1. The van der Waals surface area contributed by atoms with E-state index in [2.05, 4.69) is 11.6 Å². The average molecular weight is 149 g/mol. The summed E-state index contributed by atoms with van der Waals surface area (Å²) in [6, 6.07) is 1.82. The molecule has 1 aromatic heterocycles. The topological polar surface area (TPSA) is 43.3 Å². The first-order chi connectivity index (χ1) is 5.25. The molecule has 0 fully saturated rings. The second kappa shape index (κ2) is 3.05. The molecule has 0 amide bonds. The number of aromatic nitrogens is 1. The fourth-order valence-electron chi connectivity index (χ4n) is 0.830. The molecule has 0 aliphatic rings. The maximum atomic E-state index is 5.61. The third-order valence-electron chi connectivity index (χ3n) is 1.37. The number of nitrogens with two attached hydrogens (primary N) is 1. The van der Waals surface area contributed by atoms with Crippen LogP contribution in [0.5, 0.6) is 0 Å². The molecule has 0 radical (unpaired) electrons. The predicted octanol–water partition coefficient (Wildman–Crippen LogP) is 1.50. The third-order valence-corrected chi connectivity index (χ3v) is 1.37. The number of rotatable bonds is 2. The lowest BCUT2D eigenvalue weighted by atomic mass is 10.5. The monoisotopic (exact) mass is 149 g/mol. The van der Waals surface area contributed by atoms with Crippen LogP contribution in [0.1, 0.15) is 0 Å². The predicted molar refractivity (Wildman–Crippen MR) is 48.2 cm³/mol. The Morgan fingerprint density at radius 1 is 1.73 bits per heavy atom. The van der Waals surface area contributed by atoms with Crippen LogP contribution < -0.4 is 5.73 Å². The molecule has 3 nitrogen and oxygen atoms in total. The van der Waals surface area contributed by atoms with E-state index in [1.165, 1.54) is 0 Å². The summed E-state index contributed by atoms with van der Waals surface area (Å²) < 4.78 is 1.86. The maximum Gasteiger partial charge on any atom is 0.155 e. The summed E-state index contributed by atoms with van der Waals surface area (Å²) in [4.78, 5) is 4.08. The van der Waals surface area contributed by atoms with Crippen molar-refractivity contribution in [2.45, 2.75) is 0 Å². The molecular formula is C8H11N3. The van der Waals surface area contributed by atoms with Crippen LogP contribution in [0, 0.1) is 0 Å². The standard InChI is InChI=1S/C8H11N3/c1-3-5-10-8-7(9)4-6-11(8)2/h3-6H,1,9H2,2H3/b10-5-. The Bertz CT molecular complexity index is 264. The zero-order chi connectivity index (χ0) is 8.27. The van der Waals surface area contributed by atoms with Crippen molar-refractivity contribution in [2.24, 2.45) is 12.0 Å². The van der Waals surface area contributed by atoms with Gasteiger partial charge in [-0.3, -0.25) is 0 Å². The molecule has 0 saturated carbocycles. The number of anilines is 1. The molecule has 1 rings (SSSR count). The van der Waals surface area contributed by atoms with E-state index < -0.39 is 0 Å². The molecule has 0 unspecified atom stereocenters. The van der Waals surface area contributed by atoms with Crippen LogP contribution >= 0.6 is 0 Å². The van der Waals surface area contributed by atoms with Gasteiger partial charge in [0, 0.05) is 19.5 Å². The quantitative estimate of drug-likeness (QED) is 0.636. The molecule has 0 saturated heterocycles. The molecule has 1 aromatic rings. The van der Waals surface area contributed by atoms with E-state index in [9.17, 15) is 0 Å². The SMILES string of the molecule is C=C/C=N\c1c(N)ccn1C. The number of hydrogen-bond acceptors (Lipinski definition) is 2. The maximum absolute atomic E-state index is 5.61. The Hall–Kier alpha value is -1.51. The molecule has 0 bridgehead atoms. The van der Waals surface area contributed by atoms with Crippen molar-refractivity contribution in [3.05, 3.63) is 24.9 Å². The minimum Gasteiger partial charge on any atom is -0.396 e. The van der Waals surface area contributed by atoms with Crippen LogP contribution in [0.25, 0.3) is 0 Å². The van der Waals surface area contributed by atoms with Gasteiger partial charge in [0.25, 0.3) is 0 Å². The average Bonchev–Trinajstić information content (AvgIpc) is 2.29. The second-order valence-electron chi connectivity index (χ2n) is 2.22. The summed E-state index contributed by atoms with van der Waals surface area (Å²) in [7, 11) is 1.89. The summed E-state index contributed by atoms with van der Waals surface area (Å²) in [6.45, 7) is 3.52. The zero-order valence-corrected chi connectivity index (χ0v) is 6.49. The largest absolute Gasteiger partial charge is 0.396 e. The molecule has 0 aromatic carbocycles. The highest BCUT2D eigenvalue weighted by atomic mass is 15.1. The fourth-order valence-corrected chi connectivity index (χ4v) is 0.830. The van der Waals surface area contributed by atoms with E-state index in [4.69, 9.17) is 5.73 Å². The second-order valence-corrected chi connectivity index (χ2v) is 2.22. The molecule has 58 valence electrons. The van der Waals surface area contributed by atoms with E-state index in [0.717, 1.165) is 5.82 Å². The Labute approximate surface area is 65.9 Å². The van der Waals surface area contributed by atoms with Crippen molar-refractivity contribution in [3.8, 4) is 0 Å². The number of hydrogen-bond donors (Lipinski definition) is 1. The molecule has 0 aliphatic carbocycles. The van der Waals surface area contributed by atoms with Crippen LogP contribution in [0.4, 0.5) is 11.5 Å². The molecule has 11 heavy (non-hydrogen) atoms. The lowest BCUT2D eigenvalue weighted by Crippen LogP contribution is -1.86. The number of allylic oxidation sites excluding steroid dienone is 1. The van der Waals surface area contributed by atoms with Crippen molar-refractivity contribution >= 4 is 17.7 Å². The Balaban J connectivity index is 3.00. The highest BCUT2D eigenvalue weighted by molar-refractivity contribution is 5.76. The Kier molecular flexibility index (Phi) is 2.11. The van der Waals surface area contributed by atoms with E-state index in [-0.39, 0.29) is 0 Å². The third kappa shape index (κ3) is 1.49. The fraction of sp³-hybridized carbons (Fsp3) is 0.125. The number of nitrogens with zero attached hydrogens (tertiary/aromatic N) is 2. The summed E-state index contributed by atoms with van der Waals surface area (Å²) in [5.41, 5.74) is 6.30. The van der Waals surface area contributed by atoms with E-state index in [1.807, 2.05) is 23.9 Å². The Morgan fingerprint density at radius 2 is 2.45 bits per heavy atom. The van der Waals surface area contributed by atoms with Crippen molar-refractivity contribution in [3.63, 3.8) is 0 Å². The lowest BCUT2D eigenvalue weighted by Gasteiger charge is -1.95. The molecule has 0 atom stereocenters. The minimum absolute atomic E-state index is 0.686. The van der Waals surface area contributed by atoms with Gasteiger partial charge in [0.15, 0.2) is 5.82 Å². The lowest BCUT2D eigenvalue weighted by molar-refractivity contribution is 0.928. The van der Waals surface area contributed by atoms with Gasteiger partial charge in [0.05, 0.1) is 5.69 Å². The van der Waals surface area contributed by atoms with Crippen LogP contribution in [-0.2, 0) is 7.05 Å². The van der Waals surface area contributed by atoms with Gasteiger partial charge in [-0.2, -0.15) is 0 Å². The first-order valence-corrected chi connectivity index (χ1v) is 3.31. The summed E-state index contributed by atoms with van der Waals surface area (Å²) >= 11 is 0. The molecule has 0 spiro atoms. The van der Waals surface area contributed by atoms with E-state index >= 15 is 0 Å². The van der Waals surface area contributed by atoms with Gasteiger partial charge >= 0.3 is 0 Å². The molecular weight excluding hydrogens is 138 g/mol. The van der Waals surface area contributed by atoms with Crippen LogP contribution in [-0.4, -0.2) is 10.8 Å². The van der Waals surface area contributed by atoms with Crippen molar-refractivity contribution in [2.75, 3.05) is 5.73 Å². The van der Waals surface area contributed by atoms with Crippen molar-refractivity contribution in [1.29, 1.82) is 0 Å². The van der Waals surface area contributed by atoms with Gasteiger partial charge in [-0.25, -0.2) is 4.99 Å².